The molecule has 0 atom stereocenters. The van der Waals surface area contributed by atoms with Crippen molar-refractivity contribution in [3.63, 3.8) is 0 Å². The third kappa shape index (κ3) is 3.84. The van der Waals surface area contributed by atoms with E-state index in [0.29, 0.717) is 13.1 Å². The van der Waals surface area contributed by atoms with Crippen molar-refractivity contribution in [2.75, 3.05) is 26.2 Å². The number of benzene rings is 1. The van der Waals surface area contributed by atoms with Gasteiger partial charge in [0.05, 0.1) is 6.26 Å². The van der Waals surface area contributed by atoms with Crippen molar-refractivity contribution < 1.29 is 17.6 Å². The number of hydrogen-bond acceptors (Lipinski definition) is 4. The van der Waals surface area contributed by atoms with Crippen LogP contribution in [-0.4, -0.2) is 49.7 Å². The standard InChI is InChI=1S/C16H19N3O4S/c20-16(15-7-4-12-23-15)18-8-10-19(11-9-18)24(21,22)17-13-14-5-2-1-3-6-14/h1-7,12,17H,8-11,13H2. The predicted octanol–water partition coefficient (Wildman–Crippen LogP) is 1.07. The van der Waals surface area contributed by atoms with Crippen LogP contribution in [0, 0.1) is 0 Å². The number of rotatable bonds is 5. The van der Waals surface area contributed by atoms with E-state index in [9.17, 15) is 13.2 Å². The van der Waals surface area contributed by atoms with Crippen molar-refractivity contribution in [1.29, 1.82) is 0 Å². The number of furan rings is 1. The molecule has 1 aliphatic heterocycles. The topological polar surface area (TPSA) is 82.9 Å². The highest BCUT2D eigenvalue weighted by molar-refractivity contribution is 7.87. The Labute approximate surface area is 141 Å². The summed E-state index contributed by atoms with van der Waals surface area (Å²) in [6.45, 7) is 1.44. The molecule has 0 bridgehead atoms. The largest absolute Gasteiger partial charge is 0.459 e. The summed E-state index contributed by atoms with van der Waals surface area (Å²) in [6, 6.07) is 12.6. The third-order valence-electron chi connectivity index (χ3n) is 3.90. The monoisotopic (exact) mass is 349 g/mol. The van der Waals surface area contributed by atoms with Crippen LogP contribution < -0.4 is 4.72 Å². The first-order valence-corrected chi connectivity index (χ1v) is 9.12. The third-order valence-corrected chi connectivity index (χ3v) is 5.45. The lowest BCUT2D eigenvalue weighted by atomic mass is 10.2. The number of nitrogens with zero attached hydrogens (tertiary/aromatic N) is 2. The highest BCUT2D eigenvalue weighted by Gasteiger charge is 2.29. The lowest BCUT2D eigenvalue weighted by molar-refractivity contribution is 0.0665. The first kappa shape index (κ1) is 16.7. The van der Waals surface area contributed by atoms with Crippen molar-refractivity contribution in [2.45, 2.75) is 6.54 Å². The van der Waals surface area contributed by atoms with Gasteiger partial charge in [-0.3, -0.25) is 4.79 Å². The number of carbonyl (C=O) groups excluding carboxylic acids is 1. The molecule has 1 saturated heterocycles. The highest BCUT2D eigenvalue weighted by atomic mass is 32.2. The second kappa shape index (κ2) is 7.16. The first-order chi connectivity index (χ1) is 11.6. The van der Waals surface area contributed by atoms with Crippen LogP contribution in [0.4, 0.5) is 0 Å². The van der Waals surface area contributed by atoms with Crippen LogP contribution >= 0.6 is 0 Å². The molecule has 128 valence electrons. The van der Waals surface area contributed by atoms with Crippen molar-refractivity contribution in [3.05, 3.63) is 60.1 Å². The zero-order valence-electron chi connectivity index (χ0n) is 13.1. The molecule has 2 aromatic rings. The number of hydrogen-bond donors (Lipinski definition) is 1. The summed E-state index contributed by atoms with van der Waals surface area (Å²) in [5, 5.41) is 0. The normalized spacial score (nSPS) is 16.2. The Hall–Kier alpha value is -2.16. The van der Waals surface area contributed by atoms with Crippen molar-refractivity contribution in [3.8, 4) is 0 Å². The van der Waals surface area contributed by atoms with Gasteiger partial charge in [-0.15, -0.1) is 0 Å². The molecule has 2 heterocycles. The Balaban J connectivity index is 1.54. The molecule has 0 spiro atoms. The van der Waals surface area contributed by atoms with E-state index < -0.39 is 10.2 Å². The average Bonchev–Trinajstić information content (AvgIpc) is 3.15. The maximum atomic E-state index is 12.4. The molecule has 1 aromatic heterocycles. The first-order valence-electron chi connectivity index (χ1n) is 7.68. The molecule has 0 saturated carbocycles. The van der Waals surface area contributed by atoms with Crippen molar-refractivity contribution >= 4 is 16.1 Å². The van der Waals surface area contributed by atoms with E-state index in [-0.39, 0.29) is 31.3 Å². The minimum Gasteiger partial charge on any atom is -0.459 e. The Kier molecular flexibility index (Phi) is 4.98. The van der Waals surface area contributed by atoms with Crippen LogP contribution in [0.25, 0.3) is 0 Å². The van der Waals surface area contributed by atoms with Crippen molar-refractivity contribution in [1.82, 2.24) is 13.9 Å². The van der Waals surface area contributed by atoms with Gasteiger partial charge in [0.1, 0.15) is 0 Å². The summed E-state index contributed by atoms with van der Waals surface area (Å²) in [5.74, 6) is 0.0582. The van der Waals surface area contributed by atoms with Crippen LogP contribution in [0.2, 0.25) is 0 Å². The zero-order chi connectivity index (χ0) is 17.0. The predicted molar refractivity (Wildman–Crippen MR) is 88.4 cm³/mol. The number of amides is 1. The SMILES string of the molecule is O=C(c1ccco1)N1CCN(S(=O)(=O)NCc2ccccc2)CC1. The van der Waals surface area contributed by atoms with Gasteiger partial charge < -0.3 is 9.32 Å². The number of nitrogens with one attached hydrogen (secondary N) is 1. The fourth-order valence-electron chi connectivity index (χ4n) is 2.55. The van der Waals surface area contributed by atoms with Crippen LogP contribution in [-0.2, 0) is 16.8 Å². The smallest absolute Gasteiger partial charge is 0.289 e. The lowest BCUT2D eigenvalue weighted by Crippen LogP contribution is -2.53. The second-order valence-corrected chi connectivity index (χ2v) is 7.24. The summed E-state index contributed by atoms with van der Waals surface area (Å²) in [4.78, 5) is 13.8. The van der Waals surface area contributed by atoms with E-state index in [1.54, 1.807) is 17.0 Å². The molecule has 8 heteroatoms. The average molecular weight is 349 g/mol. The summed E-state index contributed by atoms with van der Waals surface area (Å²) in [7, 11) is -3.56. The second-order valence-electron chi connectivity index (χ2n) is 5.48. The van der Waals surface area contributed by atoms with Crippen LogP contribution in [0.1, 0.15) is 16.1 Å². The molecule has 1 amide bonds. The number of piperazine rings is 1. The summed E-state index contributed by atoms with van der Waals surface area (Å²) < 4.78 is 33.8. The van der Waals surface area contributed by atoms with Gasteiger partial charge in [0.25, 0.3) is 16.1 Å². The molecule has 1 aromatic carbocycles. The minimum absolute atomic E-state index is 0.214. The van der Waals surface area contributed by atoms with Gasteiger partial charge in [0.15, 0.2) is 5.76 Å². The van der Waals surface area contributed by atoms with Gasteiger partial charge in [0.2, 0.25) is 0 Å². The Morgan fingerprint density at radius 3 is 2.38 bits per heavy atom. The maximum absolute atomic E-state index is 12.4. The lowest BCUT2D eigenvalue weighted by Gasteiger charge is -2.33. The van der Waals surface area contributed by atoms with Gasteiger partial charge in [0, 0.05) is 32.7 Å². The quantitative estimate of drug-likeness (QED) is 0.875. The summed E-state index contributed by atoms with van der Waals surface area (Å²) in [5.41, 5.74) is 0.896. The highest BCUT2D eigenvalue weighted by Crippen LogP contribution is 2.11. The Morgan fingerprint density at radius 2 is 1.75 bits per heavy atom. The van der Waals surface area contributed by atoms with E-state index >= 15 is 0 Å². The molecule has 3 rings (SSSR count). The fourth-order valence-corrected chi connectivity index (χ4v) is 3.72. The molecule has 0 radical (unpaired) electrons. The maximum Gasteiger partial charge on any atom is 0.289 e. The fraction of sp³-hybridized carbons (Fsp3) is 0.312. The summed E-state index contributed by atoms with van der Waals surface area (Å²) in [6.07, 6.45) is 1.45. The Bertz CT molecular complexity index is 767. The molecular formula is C16H19N3O4S. The van der Waals surface area contributed by atoms with E-state index in [2.05, 4.69) is 4.72 Å². The van der Waals surface area contributed by atoms with Gasteiger partial charge in [-0.2, -0.15) is 17.4 Å². The molecule has 0 unspecified atom stereocenters. The van der Waals surface area contributed by atoms with Crippen LogP contribution in [0.5, 0.6) is 0 Å². The summed E-state index contributed by atoms with van der Waals surface area (Å²) >= 11 is 0. The molecule has 7 nitrogen and oxygen atoms in total. The molecule has 0 aliphatic carbocycles. The van der Waals surface area contributed by atoms with Crippen molar-refractivity contribution in [2.24, 2.45) is 0 Å². The van der Waals surface area contributed by atoms with E-state index in [1.807, 2.05) is 30.3 Å². The molecule has 1 N–H and O–H groups in total. The van der Waals surface area contributed by atoms with Gasteiger partial charge in [-0.05, 0) is 17.7 Å². The zero-order valence-corrected chi connectivity index (χ0v) is 13.9. The van der Waals surface area contributed by atoms with Crippen LogP contribution in [0.3, 0.4) is 0 Å². The minimum atomic E-state index is -3.56. The number of carbonyl (C=O) groups is 1. The van der Waals surface area contributed by atoms with E-state index in [4.69, 9.17) is 4.42 Å². The Morgan fingerprint density at radius 1 is 1.04 bits per heavy atom. The van der Waals surface area contributed by atoms with E-state index in [0.717, 1.165) is 5.56 Å². The van der Waals surface area contributed by atoms with E-state index in [1.165, 1.54) is 10.6 Å². The molecule has 1 fully saturated rings. The molecular weight excluding hydrogens is 330 g/mol. The van der Waals surface area contributed by atoms with Gasteiger partial charge in [-0.25, -0.2) is 0 Å². The molecule has 24 heavy (non-hydrogen) atoms. The van der Waals surface area contributed by atoms with Gasteiger partial charge >= 0.3 is 0 Å². The van der Waals surface area contributed by atoms with Gasteiger partial charge in [-0.1, -0.05) is 30.3 Å². The molecule has 1 aliphatic rings. The van der Waals surface area contributed by atoms with Crippen LogP contribution in [0.15, 0.2) is 53.1 Å².